The minimum atomic E-state index is -0.726. The molecule has 0 saturated carbocycles. The van der Waals surface area contributed by atoms with Gasteiger partial charge in [-0.05, 0) is 24.3 Å². The molecule has 0 unspecified atom stereocenters. The molecular weight excluding hydrogens is 250 g/mol. The van der Waals surface area contributed by atoms with Crippen molar-refractivity contribution < 1.29 is 23.9 Å². The Balaban J connectivity index is 2.43. The zero-order chi connectivity index (χ0) is 14.3. The molecule has 0 aliphatic rings. The van der Waals surface area contributed by atoms with E-state index in [0.717, 1.165) is 0 Å². The van der Waals surface area contributed by atoms with E-state index in [1.54, 1.807) is 31.2 Å². The highest BCUT2D eigenvalue weighted by molar-refractivity contribution is 5.95. The molecule has 1 aromatic carbocycles. The van der Waals surface area contributed by atoms with Gasteiger partial charge in [-0.1, -0.05) is 6.92 Å². The molecule has 102 valence electrons. The smallest absolute Gasteiger partial charge is 0.344 e. The first-order valence-electron chi connectivity index (χ1n) is 5.73. The monoisotopic (exact) mass is 265 g/mol. The summed E-state index contributed by atoms with van der Waals surface area (Å²) in [6.07, 6.45) is 0.430. The molecule has 0 spiro atoms. The van der Waals surface area contributed by atoms with Crippen molar-refractivity contribution in [3.05, 3.63) is 29.8 Å². The van der Waals surface area contributed by atoms with Crippen molar-refractivity contribution >= 4 is 17.7 Å². The van der Waals surface area contributed by atoms with Crippen LogP contribution in [0.15, 0.2) is 24.3 Å². The first-order chi connectivity index (χ1) is 9.02. The normalized spacial score (nSPS) is 9.74. The topological polar surface area (TPSA) is 95.7 Å². The third-order valence-corrected chi connectivity index (χ3v) is 2.23. The van der Waals surface area contributed by atoms with Crippen LogP contribution in [0.5, 0.6) is 5.75 Å². The van der Waals surface area contributed by atoms with Crippen LogP contribution in [0, 0.1) is 0 Å². The summed E-state index contributed by atoms with van der Waals surface area (Å²) in [5.74, 6) is -0.945. The van der Waals surface area contributed by atoms with Gasteiger partial charge in [-0.25, -0.2) is 4.79 Å². The standard InChI is InChI=1S/C13H15NO5/c1-2-11(15)9-3-5-10(6-4-9)18-8-13(17)19-7-12(14)16/h3-6H,2,7-8H2,1H3,(H2,14,16). The van der Waals surface area contributed by atoms with Crippen LogP contribution in [0.25, 0.3) is 0 Å². The van der Waals surface area contributed by atoms with Crippen molar-refractivity contribution in [2.75, 3.05) is 13.2 Å². The Morgan fingerprint density at radius 3 is 2.26 bits per heavy atom. The minimum Gasteiger partial charge on any atom is -0.482 e. The number of hydrogen-bond donors (Lipinski definition) is 1. The zero-order valence-corrected chi connectivity index (χ0v) is 10.5. The van der Waals surface area contributed by atoms with Crippen molar-refractivity contribution in [2.45, 2.75) is 13.3 Å². The molecule has 0 atom stereocenters. The molecule has 0 bridgehead atoms. The van der Waals surface area contributed by atoms with Gasteiger partial charge in [0.15, 0.2) is 19.0 Å². The van der Waals surface area contributed by atoms with Gasteiger partial charge in [0.2, 0.25) is 0 Å². The van der Waals surface area contributed by atoms with Gasteiger partial charge in [0.1, 0.15) is 5.75 Å². The van der Waals surface area contributed by atoms with E-state index in [4.69, 9.17) is 10.5 Å². The number of benzene rings is 1. The number of Topliss-reactive ketones (excluding diaryl/α,β-unsaturated/α-hetero) is 1. The highest BCUT2D eigenvalue weighted by atomic mass is 16.6. The number of carbonyl (C=O) groups is 3. The number of ether oxygens (including phenoxy) is 2. The first-order valence-corrected chi connectivity index (χ1v) is 5.73. The Hall–Kier alpha value is -2.37. The molecule has 19 heavy (non-hydrogen) atoms. The first kappa shape index (κ1) is 14.7. The molecule has 0 fully saturated rings. The highest BCUT2D eigenvalue weighted by Crippen LogP contribution is 2.13. The van der Waals surface area contributed by atoms with E-state index in [-0.39, 0.29) is 12.4 Å². The van der Waals surface area contributed by atoms with E-state index in [0.29, 0.717) is 17.7 Å². The van der Waals surface area contributed by atoms with Crippen LogP contribution in [0.4, 0.5) is 0 Å². The largest absolute Gasteiger partial charge is 0.482 e. The van der Waals surface area contributed by atoms with E-state index in [1.807, 2.05) is 0 Å². The number of hydrogen-bond acceptors (Lipinski definition) is 5. The Morgan fingerprint density at radius 1 is 1.11 bits per heavy atom. The minimum absolute atomic E-state index is 0.0346. The van der Waals surface area contributed by atoms with Gasteiger partial charge in [-0.15, -0.1) is 0 Å². The van der Waals surface area contributed by atoms with Gasteiger partial charge >= 0.3 is 5.97 Å². The van der Waals surface area contributed by atoms with Gasteiger partial charge in [-0.2, -0.15) is 0 Å². The highest BCUT2D eigenvalue weighted by Gasteiger charge is 2.07. The molecule has 6 nitrogen and oxygen atoms in total. The predicted octanol–water partition coefficient (Wildman–Crippen LogP) is 0.687. The second kappa shape index (κ2) is 7.15. The van der Waals surface area contributed by atoms with Crippen molar-refractivity contribution in [2.24, 2.45) is 5.73 Å². The summed E-state index contributed by atoms with van der Waals surface area (Å²) < 4.78 is 9.64. The van der Waals surface area contributed by atoms with Crippen LogP contribution in [-0.2, 0) is 14.3 Å². The van der Waals surface area contributed by atoms with E-state index >= 15 is 0 Å². The van der Waals surface area contributed by atoms with Gasteiger partial charge in [0.05, 0.1) is 0 Å². The van der Waals surface area contributed by atoms with E-state index in [2.05, 4.69) is 4.74 Å². The average Bonchev–Trinajstić information content (AvgIpc) is 2.42. The lowest BCUT2D eigenvalue weighted by atomic mass is 10.1. The fourth-order valence-corrected chi connectivity index (χ4v) is 1.28. The third-order valence-electron chi connectivity index (χ3n) is 2.23. The summed E-state index contributed by atoms with van der Waals surface area (Å²) in [4.78, 5) is 32.9. The lowest BCUT2D eigenvalue weighted by Crippen LogP contribution is -2.23. The lowest BCUT2D eigenvalue weighted by molar-refractivity contribution is -0.149. The van der Waals surface area contributed by atoms with Gasteiger partial charge in [0.25, 0.3) is 5.91 Å². The maximum absolute atomic E-state index is 11.4. The number of carbonyl (C=O) groups excluding carboxylic acids is 3. The summed E-state index contributed by atoms with van der Waals surface area (Å²) in [6.45, 7) is 0.988. The number of nitrogens with two attached hydrogens (primary N) is 1. The molecule has 6 heteroatoms. The molecule has 0 aliphatic heterocycles. The second-order valence-corrected chi connectivity index (χ2v) is 3.72. The van der Waals surface area contributed by atoms with Crippen molar-refractivity contribution in [3.63, 3.8) is 0 Å². The van der Waals surface area contributed by atoms with Crippen LogP contribution in [0.1, 0.15) is 23.7 Å². The second-order valence-electron chi connectivity index (χ2n) is 3.72. The lowest BCUT2D eigenvalue weighted by Gasteiger charge is -2.06. The number of primary amides is 1. The van der Waals surface area contributed by atoms with Crippen LogP contribution in [0.2, 0.25) is 0 Å². The molecular formula is C13H15NO5. The molecule has 0 aromatic heterocycles. The Morgan fingerprint density at radius 2 is 1.74 bits per heavy atom. The van der Waals surface area contributed by atoms with Crippen LogP contribution < -0.4 is 10.5 Å². The molecule has 0 radical (unpaired) electrons. The van der Waals surface area contributed by atoms with Gasteiger partial charge in [0, 0.05) is 12.0 Å². The number of esters is 1. The molecule has 0 heterocycles. The fourth-order valence-electron chi connectivity index (χ4n) is 1.28. The summed E-state index contributed by atoms with van der Waals surface area (Å²) >= 11 is 0. The van der Waals surface area contributed by atoms with Crippen molar-refractivity contribution in [3.8, 4) is 5.75 Å². The SMILES string of the molecule is CCC(=O)c1ccc(OCC(=O)OCC(N)=O)cc1. The van der Waals surface area contributed by atoms with Crippen molar-refractivity contribution in [1.29, 1.82) is 0 Å². The third kappa shape index (κ3) is 5.20. The Bertz CT molecular complexity index is 466. The molecule has 0 aliphatic carbocycles. The van der Waals surface area contributed by atoms with E-state index < -0.39 is 18.5 Å². The maximum atomic E-state index is 11.4. The van der Waals surface area contributed by atoms with Crippen LogP contribution in [-0.4, -0.2) is 30.9 Å². The molecule has 1 aromatic rings. The quantitative estimate of drug-likeness (QED) is 0.578. The summed E-state index contributed by atoms with van der Waals surface area (Å²) in [5.41, 5.74) is 5.41. The Kier molecular flexibility index (Phi) is 5.53. The molecule has 1 rings (SSSR count). The van der Waals surface area contributed by atoms with Crippen molar-refractivity contribution in [1.82, 2.24) is 0 Å². The van der Waals surface area contributed by atoms with Crippen LogP contribution in [0.3, 0.4) is 0 Å². The van der Waals surface area contributed by atoms with E-state index in [1.165, 1.54) is 0 Å². The zero-order valence-electron chi connectivity index (χ0n) is 10.5. The molecule has 1 amide bonds. The maximum Gasteiger partial charge on any atom is 0.344 e. The number of ketones is 1. The van der Waals surface area contributed by atoms with Gasteiger partial charge in [-0.3, -0.25) is 9.59 Å². The Labute approximate surface area is 110 Å². The number of amides is 1. The van der Waals surface area contributed by atoms with Gasteiger partial charge < -0.3 is 15.2 Å². The summed E-state index contributed by atoms with van der Waals surface area (Å²) in [7, 11) is 0. The van der Waals surface area contributed by atoms with E-state index in [9.17, 15) is 14.4 Å². The molecule has 0 saturated heterocycles. The average molecular weight is 265 g/mol. The number of rotatable bonds is 7. The van der Waals surface area contributed by atoms with Crippen LogP contribution >= 0.6 is 0 Å². The molecule has 2 N–H and O–H groups in total. The summed E-state index contributed by atoms with van der Waals surface area (Å²) in [6, 6.07) is 6.42. The summed E-state index contributed by atoms with van der Waals surface area (Å²) in [5, 5.41) is 0. The predicted molar refractivity (Wildman–Crippen MR) is 66.7 cm³/mol. The fraction of sp³-hybridized carbons (Fsp3) is 0.308.